The van der Waals surface area contributed by atoms with Gasteiger partial charge >= 0.3 is 7.82 Å². The quantitative estimate of drug-likeness (QED) is 0.325. The second kappa shape index (κ2) is 6.92. The van der Waals surface area contributed by atoms with Gasteiger partial charge in [-0.3, -0.25) is 13.6 Å². The predicted octanol–water partition coefficient (Wildman–Crippen LogP) is 1.14. The van der Waals surface area contributed by atoms with E-state index in [1.165, 1.54) is 12.7 Å². The van der Waals surface area contributed by atoms with Crippen molar-refractivity contribution >= 4 is 24.8 Å². The number of imidazole rings is 1. The molecular weight excluding hydrogens is 355 g/mol. The van der Waals surface area contributed by atoms with E-state index in [-0.39, 0.29) is 12.4 Å². The number of nitrogens with two attached hydrogens (primary N) is 1. The minimum absolute atomic E-state index is 0.231. The molecule has 0 saturated carbocycles. The van der Waals surface area contributed by atoms with Crippen LogP contribution >= 0.6 is 7.82 Å². The lowest BCUT2D eigenvalue weighted by molar-refractivity contribution is -0.0238. The molecule has 2 unspecified atom stereocenters. The summed E-state index contributed by atoms with van der Waals surface area (Å²) >= 11 is 0. The summed E-state index contributed by atoms with van der Waals surface area (Å²) in [4.78, 5) is 24.3. The van der Waals surface area contributed by atoms with Gasteiger partial charge in [-0.25, -0.2) is 19.5 Å². The second-order valence-corrected chi connectivity index (χ2v) is 6.73. The first-order valence-corrected chi connectivity index (χ1v) is 8.60. The van der Waals surface area contributed by atoms with Gasteiger partial charge < -0.3 is 15.4 Å². The van der Waals surface area contributed by atoms with E-state index < -0.39 is 26.2 Å². The maximum Gasteiger partial charge on any atom is 0.472 e. The second-order valence-electron chi connectivity index (χ2n) is 5.17. The van der Waals surface area contributed by atoms with E-state index in [9.17, 15) is 9.46 Å². The van der Waals surface area contributed by atoms with Crippen LogP contribution in [0.25, 0.3) is 21.6 Å². The Labute approximate surface area is 141 Å². The first kappa shape index (κ1) is 17.5. The van der Waals surface area contributed by atoms with E-state index >= 15 is 0 Å². The summed E-state index contributed by atoms with van der Waals surface area (Å²) in [7, 11) is -3.12. The molecule has 0 aromatic carbocycles. The van der Waals surface area contributed by atoms with Crippen LogP contribution in [0.1, 0.15) is 12.6 Å². The van der Waals surface area contributed by atoms with Crippen LogP contribution in [-0.4, -0.2) is 50.3 Å². The number of nitrogen functional groups attached to an aromatic ring is 1. The van der Waals surface area contributed by atoms with Crippen LogP contribution in [0.4, 0.5) is 5.82 Å². The van der Waals surface area contributed by atoms with Gasteiger partial charge in [-0.1, -0.05) is 5.11 Å². The lowest BCUT2D eigenvalue weighted by Crippen LogP contribution is -2.24. The Hall–Kier alpha value is -2.27. The molecule has 1 aliphatic heterocycles. The number of hydrogen-bond donors (Lipinski definition) is 2. The molecular formula is C11H15N8O5P. The minimum Gasteiger partial charge on any atom is -0.382 e. The zero-order valence-corrected chi connectivity index (χ0v) is 13.9. The number of aromatic nitrogens is 4. The summed E-state index contributed by atoms with van der Waals surface area (Å²) in [6.07, 6.45) is 1.79. The molecule has 3 N–H and O–H groups in total. The fraction of sp³-hybridized carbons (Fsp3) is 0.545. The van der Waals surface area contributed by atoms with Crippen molar-refractivity contribution in [1.82, 2.24) is 19.5 Å². The third-order valence-electron chi connectivity index (χ3n) is 3.73. The van der Waals surface area contributed by atoms with Crippen molar-refractivity contribution in [1.29, 1.82) is 0 Å². The lowest BCUT2D eigenvalue weighted by Gasteiger charge is -2.17. The molecule has 0 bridgehead atoms. The Balaban J connectivity index is 1.82. The number of nitrogens with zero attached hydrogens (tertiary/aromatic N) is 7. The maximum absolute atomic E-state index is 11.4. The normalized spacial score (nSPS) is 25.6. The summed E-state index contributed by atoms with van der Waals surface area (Å²) in [6, 6.07) is -0.608. The van der Waals surface area contributed by atoms with E-state index in [0.717, 1.165) is 7.11 Å². The summed E-state index contributed by atoms with van der Waals surface area (Å²) in [5.41, 5.74) is 15.4. The zero-order chi connectivity index (χ0) is 18.0. The fourth-order valence-corrected chi connectivity index (χ4v) is 2.97. The average Bonchev–Trinajstić information content (AvgIpc) is 3.18. The summed E-state index contributed by atoms with van der Waals surface area (Å²) in [6.45, 7) is -0.286. The van der Waals surface area contributed by atoms with Gasteiger partial charge in [-0.15, -0.1) is 0 Å². The minimum atomic E-state index is -4.17. The van der Waals surface area contributed by atoms with Gasteiger partial charge in [0.2, 0.25) is 0 Å². The highest BCUT2D eigenvalue weighted by atomic mass is 31.2. The van der Waals surface area contributed by atoms with Crippen molar-refractivity contribution in [2.75, 3.05) is 19.5 Å². The third-order valence-corrected chi connectivity index (χ3v) is 4.67. The maximum atomic E-state index is 11.4. The largest absolute Gasteiger partial charge is 0.472 e. The van der Waals surface area contributed by atoms with Crippen molar-refractivity contribution in [3.8, 4) is 0 Å². The molecule has 3 rings (SSSR count). The molecule has 3 heterocycles. The van der Waals surface area contributed by atoms with Gasteiger partial charge in [0.15, 0.2) is 11.5 Å². The van der Waals surface area contributed by atoms with Crippen LogP contribution in [-0.2, 0) is 18.3 Å². The molecule has 25 heavy (non-hydrogen) atoms. The average molecular weight is 370 g/mol. The number of anilines is 1. The van der Waals surface area contributed by atoms with Crippen LogP contribution in [0.3, 0.4) is 0 Å². The number of rotatable bonds is 6. The Kier molecular flexibility index (Phi) is 4.86. The highest BCUT2D eigenvalue weighted by Crippen LogP contribution is 2.43. The smallest absolute Gasteiger partial charge is 0.382 e. The van der Waals surface area contributed by atoms with E-state index in [1.54, 1.807) is 4.57 Å². The van der Waals surface area contributed by atoms with Crippen molar-refractivity contribution in [2.45, 2.75) is 24.8 Å². The number of azide groups is 1. The molecule has 1 fully saturated rings. The van der Waals surface area contributed by atoms with Gasteiger partial charge in [-0.2, -0.15) is 0 Å². The predicted molar refractivity (Wildman–Crippen MR) is 84.0 cm³/mol. The molecule has 0 spiro atoms. The van der Waals surface area contributed by atoms with E-state index in [4.69, 9.17) is 20.5 Å². The molecule has 13 nitrogen and oxygen atoms in total. The molecule has 134 valence electrons. The fourth-order valence-electron chi connectivity index (χ4n) is 2.52. The number of phosphoric ester groups is 1. The topological polar surface area (TPSA) is 183 Å². The summed E-state index contributed by atoms with van der Waals surface area (Å²) in [5, 5.41) is 3.66. The SMILES string of the molecule is COP(=O)(O)OC[C@H]1O[C@@H](n2cnc3c(N)ncnc32)CC1N=[N+]=[N-]. The Morgan fingerprint density at radius 2 is 2.40 bits per heavy atom. The van der Waals surface area contributed by atoms with Crippen LogP contribution < -0.4 is 5.73 Å². The van der Waals surface area contributed by atoms with Gasteiger partial charge in [0.05, 0.1) is 25.1 Å². The molecule has 0 aliphatic carbocycles. The summed E-state index contributed by atoms with van der Waals surface area (Å²) < 4.78 is 28.0. The Morgan fingerprint density at radius 3 is 3.12 bits per heavy atom. The molecule has 2 aromatic rings. The molecule has 1 aliphatic rings. The van der Waals surface area contributed by atoms with Crippen LogP contribution in [0.5, 0.6) is 0 Å². The van der Waals surface area contributed by atoms with Crippen LogP contribution in [0.2, 0.25) is 0 Å². The van der Waals surface area contributed by atoms with Crippen molar-refractivity contribution in [2.24, 2.45) is 5.11 Å². The van der Waals surface area contributed by atoms with Crippen molar-refractivity contribution < 1.29 is 23.2 Å². The van der Waals surface area contributed by atoms with Gasteiger partial charge in [-0.05, 0) is 5.53 Å². The molecule has 0 amide bonds. The number of ether oxygens (including phenoxy) is 1. The third kappa shape index (κ3) is 3.56. The number of hydrogen-bond acceptors (Lipinski definition) is 9. The Bertz CT molecular complexity index is 867. The lowest BCUT2D eigenvalue weighted by atomic mass is 10.1. The van der Waals surface area contributed by atoms with E-state index in [2.05, 4.69) is 29.5 Å². The Morgan fingerprint density at radius 1 is 1.60 bits per heavy atom. The van der Waals surface area contributed by atoms with E-state index in [1.807, 2.05) is 0 Å². The molecule has 0 radical (unpaired) electrons. The van der Waals surface area contributed by atoms with Crippen molar-refractivity contribution in [3.05, 3.63) is 23.1 Å². The van der Waals surface area contributed by atoms with Crippen molar-refractivity contribution in [3.63, 3.8) is 0 Å². The summed E-state index contributed by atoms with van der Waals surface area (Å²) in [5.74, 6) is 0.231. The molecule has 14 heteroatoms. The standard InChI is InChI=1S/C11H15N8O5P/c1-22-25(20,21)23-3-7-6(17-18-13)2-8(24-7)19-5-16-9-10(12)14-4-15-11(9)19/h4-8H,2-3H2,1H3,(H,20,21)(H2,12,14,15)/t6?,7-,8-/m1/s1. The molecule has 1 saturated heterocycles. The first-order chi connectivity index (χ1) is 11.9. The van der Waals surface area contributed by atoms with Crippen LogP contribution in [0, 0.1) is 0 Å². The molecule has 4 atom stereocenters. The monoisotopic (exact) mass is 370 g/mol. The first-order valence-electron chi connectivity index (χ1n) is 7.11. The zero-order valence-electron chi connectivity index (χ0n) is 13.0. The number of phosphoric acid groups is 1. The van der Waals surface area contributed by atoms with Gasteiger partial charge in [0.25, 0.3) is 0 Å². The van der Waals surface area contributed by atoms with E-state index in [0.29, 0.717) is 17.6 Å². The highest BCUT2D eigenvalue weighted by molar-refractivity contribution is 7.47. The van der Waals surface area contributed by atoms with Gasteiger partial charge in [0, 0.05) is 18.4 Å². The van der Waals surface area contributed by atoms with Gasteiger partial charge in [0.1, 0.15) is 18.1 Å². The van der Waals surface area contributed by atoms with Crippen LogP contribution in [0.15, 0.2) is 17.8 Å². The highest BCUT2D eigenvalue weighted by Gasteiger charge is 2.38. The number of fused-ring (bicyclic) bond motifs is 1. The molecule has 2 aromatic heterocycles.